The van der Waals surface area contributed by atoms with E-state index in [2.05, 4.69) is 15.9 Å². The van der Waals surface area contributed by atoms with Crippen molar-refractivity contribution in [3.63, 3.8) is 0 Å². The highest BCUT2D eigenvalue weighted by atomic mass is 79.9. The van der Waals surface area contributed by atoms with Gasteiger partial charge in [0.25, 0.3) is 0 Å². The first kappa shape index (κ1) is 10.4. The lowest BCUT2D eigenvalue weighted by Gasteiger charge is -2.38. The van der Waals surface area contributed by atoms with E-state index in [0.29, 0.717) is 0 Å². The second-order valence-corrected chi connectivity index (χ2v) is 3.95. The Morgan fingerprint density at radius 3 is 2.42 bits per heavy atom. The topological polar surface area (TPSA) is 69.9 Å². The molecular weight excluding hydrogens is 228 g/mol. The fraction of sp³-hybridized carbons (Fsp3) is 1.00. The molecule has 1 aliphatic rings. The van der Waals surface area contributed by atoms with Crippen molar-refractivity contribution in [3.05, 3.63) is 0 Å². The standard InChI is InChI=1S/C7H13BrO4/c1-3-5(10)6(11)4(2-9)12-7(3)8/h3-7,9-11H,2H2,1H3/t3?,4?,5?,6-,7?/m0/s1. The molecule has 0 radical (unpaired) electrons. The molecule has 4 unspecified atom stereocenters. The third-order valence-electron chi connectivity index (χ3n) is 2.17. The molecule has 1 heterocycles. The summed E-state index contributed by atoms with van der Waals surface area (Å²) in [5.74, 6) is -0.178. The van der Waals surface area contributed by atoms with E-state index in [9.17, 15) is 10.2 Å². The summed E-state index contributed by atoms with van der Waals surface area (Å²) in [5, 5.41) is 27.3. The molecule has 0 aromatic rings. The second kappa shape index (κ2) is 4.02. The molecule has 1 aliphatic heterocycles. The summed E-state index contributed by atoms with van der Waals surface area (Å²) >= 11 is 3.20. The average molecular weight is 241 g/mol. The molecule has 1 saturated heterocycles. The van der Waals surface area contributed by atoms with Crippen LogP contribution in [0.1, 0.15) is 6.92 Å². The fourth-order valence-electron chi connectivity index (χ4n) is 1.21. The summed E-state index contributed by atoms with van der Waals surface area (Å²) in [6.07, 6.45) is -2.54. The summed E-state index contributed by atoms with van der Waals surface area (Å²) in [7, 11) is 0. The van der Waals surface area contributed by atoms with Crippen LogP contribution >= 0.6 is 15.9 Å². The van der Waals surface area contributed by atoms with Crippen LogP contribution in [-0.2, 0) is 4.74 Å². The van der Waals surface area contributed by atoms with Crippen molar-refractivity contribution in [2.45, 2.75) is 30.2 Å². The van der Waals surface area contributed by atoms with Gasteiger partial charge in [-0.2, -0.15) is 0 Å². The van der Waals surface area contributed by atoms with Crippen molar-refractivity contribution in [3.8, 4) is 0 Å². The van der Waals surface area contributed by atoms with Crippen LogP contribution in [-0.4, -0.2) is 45.3 Å². The Kier molecular flexibility index (Phi) is 3.48. The van der Waals surface area contributed by atoms with E-state index < -0.39 is 18.3 Å². The fourth-order valence-corrected chi connectivity index (χ4v) is 1.80. The van der Waals surface area contributed by atoms with Crippen molar-refractivity contribution >= 4 is 15.9 Å². The highest BCUT2D eigenvalue weighted by Gasteiger charge is 2.40. The van der Waals surface area contributed by atoms with E-state index in [1.54, 1.807) is 6.92 Å². The lowest BCUT2D eigenvalue weighted by molar-refractivity contribution is -0.179. The summed E-state index contributed by atoms with van der Waals surface area (Å²) in [6, 6.07) is 0. The molecule has 1 rings (SSSR count). The zero-order valence-corrected chi connectivity index (χ0v) is 8.31. The van der Waals surface area contributed by atoms with Gasteiger partial charge in [-0.3, -0.25) is 0 Å². The Hall–Kier alpha value is 0.320. The predicted molar refractivity (Wildman–Crippen MR) is 45.9 cm³/mol. The van der Waals surface area contributed by atoms with Crippen molar-refractivity contribution in [2.75, 3.05) is 6.61 Å². The summed E-state index contributed by atoms with van der Waals surface area (Å²) in [6.45, 7) is 1.48. The Labute approximate surface area is 79.3 Å². The van der Waals surface area contributed by atoms with Gasteiger partial charge >= 0.3 is 0 Å². The first-order valence-electron chi connectivity index (χ1n) is 3.84. The van der Waals surface area contributed by atoms with Gasteiger partial charge in [0.15, 0.2) is 0 Å². The largest absolute Gasteiger partial charge is 0.394 e. The number of rotatable bonds is 1. The first-order chi connectivity index (χ1) is 5.57. The zero-order chi connectivity index (χ0) is 9.30. The molecule has 0 aromatic heterocycles. The lowest BCUT2D eigenvalue weighted by Crippen LogP contribution is -2.53. The molecule has 5 atom stereocenters. The molecule has 0 aromatic carbocycles. The predicted octanol–water partition coefficient (Wildman–Crippen LogP) is -0.544. The Morgan fingerprint density at radius 1 is 1.33 bits per heavy atom. The van der Waals surface area contributed by atoms with Crippen LogP contribution < -0.4 is 0 Å². The molecule has 0 saturated carbocycles. The zero-order valence-electron chi connectivity index (χ0n) is 6.72. The van der Waals surface area contributed by atoms with E-state index in [0.717, 1.165) is 0 Å². The first-order valence-corrected chi connectivity index (χ1v) is 4.76. The summed E-state index contributed by atoms with van der Waals surface area (Å²) in [5.41, 5.74) is 0. The third-order valence-corrected chi connectivity index (χ3v) is 3.22. The maximum absolute atomic E-state index is 9.45. The van der Waals surface area contributed by atoms with Gasteiger partial charge in [-0.05, 0) is 0 Å². The molecule has 12 heavy (non-hydrogen) atoms. The summed E-state index contributed by atoms with van der Waals surface area (Å²) < 4.78 is 5.19. The Balaban J connectivity index is 2.63. The average Bonchev–Trinajstić information content (AvgIpc) is 2.08. The van der Waals surface area contributed by atoms with Crippen molar-refractivity contribution in [2.24, 2.45) is 5.92 Å². The van der Waals surface area contributed by atoms with Crippen LogP contribution in [0.25, 0.3) is 0 Å². The third kappa shape index (κ3) is 1.80. The van der Waals surface area contributed by atoms with Gasteiger partial charge in [0.1, 0.15) is 17.2 Å². The Morgan fingerprint density at radius 2 is 1.92 bits per heavy atom. The molecule has 0 spiro atoms. The van der Waals surface area contributed by atoms with Crippen molar-refractivity contribution in [1.82, 2.24) is 0 Å². The van der Waals surface area contributed by atoms with Crippen LogP contribution in [0.15, 0.2) is 0 Å². The molecule has 3 N–H and O–H groups in total. The highest BCUT2D eigenvalue weighted by molar-refractivity contribution is 9.09. The number of hydrogen-bond donors (Lipinski definition) is 3. The van der Waals surface area contributed by atoms with Gasteiger partial charge in [-0.15, -0.1) is 0 Å². The van der Waals surface area contributed by atoms with E-state index in [4.69, 9.17) is 9.84 Å². The molecule has 5 heteroatoms. The second-order valence-electron chi connectivity index (χ2n) is 3.05. The molecule has 4 nitrogen and oxygen atoms in total. The van der Waals surface area contributed by atoms with E-state index in [1.165, 1.54) is 0 Å². The number of aliphatic hydroxyl groups excluding tert-OH is 3. The molecule has 0 aliphatic carbocycles. The van der Waals surface area contributed by atoms with Crippen LogP contribution in [0.2, 0.25) is 0 Å². The van der Waals surface area contributed by atoms with Crippen LogP contribution in [0, 0.1) is 5.92 Å². The molecular formula is C7H13BrO4. The molecule has 0 bridgehead atoms. The summed E-state index contributed by atoms with van der Waals surface area (Å²) in [4.78, 5) is 0. The van der Waals surface area contributed by atoms with Gasteiger partial charge in [0.2, 0.25) is 0 Å². The van der Waals surface area contributed by atoms with Gasteiger partial charge in [0, 0.05) is 5.92 Å². The van der Waals surface area contributed by atoms with Gasteiger partial charge in [0.05, 0.1) is 12.7 Å². The smallest absolute Gasteiger partial charge is 0.118 e. The van der Waals surface area contributed by atoms with E-state index in [-0.39, 0.29) is 17.5 Å². The van der Waals surface area contributed by atoms with Crippen LogP contribution in [0.3, 0.4) is 0 Å². The minimum atomic E-state index is -1.00. The normalized spacial score (nSPS) is 49.2. The van der Waals surface area contributed by atoms with Crippen molar-refractivity contribution < 1.29 is 20.1 Å². The minimum absolute atomic E-state index is 0.178. The van der Waals surface area contributed by atoms with Crippen LogP contribution in [0.4, 0.5) is 0 Å². The maximum atomic E-state index is 9.45. The van der Waals surface area contributed by atoms with Gasteiger partial charge in [-0.1, -0.05) is 22.9 Å². The number of alkyl halides is 1. The SMILES string of the molecule is CC1C(Br)OC(CO)[C@H](O)C1O. The van der Waals surface area contributed by atoms with E-state index in [1.807, 2.05) is 0 Å². The van der Waals surface area contributed by atoms with Crippen LogP contribution in [0.5, 0.6) is 0 Å². The van der Waals surface area contributed by atoms with E-state index >= 15 is 0 Å². The van der Waals surface area contributed by atoms with Crippen molar-refractivity contribution in [1.29, 1.82) is 0 Å². The maximum Gasteiger partial charge on any atom is 0.118 e. The highest BCUT2D eigenvalue weighted by Crippen LogP contribution is 2.28. The molecule has 1 fully saturated rings. The van der Waals surface area contributed by atoms with Gasteiger partial charge < -0.3 is 20.1 Å². The lowest BCUT2D eigenvalue weighted by atomic mass is 9.94. The monoisotopic (exact) mass is 240 g/mol. The van der Waals surface area contributed by atoms with Gasteiger partial charge in [-0.25, -0.2) is 0 Å². The molecule has 72 valence electrons. The molecule has 0 amide bonds. The Bertz CT molecular complexity index is 150. The minimum Gasteiger partial charge on any atom is -0.394 e. The number of aliphatic hydroxyl groups is 3. The number of ether oxygens (including phenoxy) is 1. The quantitative estimate of drug-likeness (QED) is 0.539. The number of hydrogen-bond acceptors (Lipinski definition) is 4. The number of halogens is 1.